The number of hydrogen-bond donors (Lipinski definition) is 2. The van der Waals surface area contributed by atoms with E-state index < -0.39 is 23.6 Å². The first-order valence-electron chi connectivity index (χ1n) is 14.4. The smallest absolute Gasteiger partial charge is 0.408 e. The van der Waals surface area contributed by atoms with Gasteiger partial charge in [0.2, 0.25) is 0 Å². The Balaban J connectivity index is 1.59. The minimum Gasteiger partial charge on any atom is -0.428 e. The van der Waals surface area contributed by atoms with Gasteiger partial charge in [-0.2, -0.15) is 0 Å². The Morgan fingerprint density at radius 1 is 0.737 bits per heavy atom. The second kappa shape index (κ2) is 14.1. The van der Waals surface area contributed by atoms with E-state index in [0.29, 0.717) is 24.9 Å². The standard InChI is InChI=1S/C28H54N4O6/c1-19(2)23-31(17-21(5)35-23)27(7,8)37-25(33)29-15-13-11-12-14-16-30-26(34)38-28(9,10)32-18-22(6)36-24(32)20(3)4/h19-24H,11-18H2,1-10H3,(H,29,33)(H,30,34). The molecule has 0 aromatic heterocycles. The number of carbonyl (C=O) groups excluding carboxylic acids is 2. The summed E-state index contributed by atoms with van der Waals surface area (Å²) in [5.74, 6) is 0.601. The maximum Gasteiger partial charge on any atom is 0.408 e. The van der Waals surface area contributed by atoms with Crippen LogP contribution in [-0.2, 0) is 18.9 Å². The lowest BCUT2D eigenvalue weighted by atomic mass is 10.1. The number of nitrogens with one attached hydrogen (secondary N) is 2. The molecule has 10 nitrogen and oxygen atoms in total. The second-order valence-corrected chi connectivity index (χ2v) is 12.4. The molecule has 0 aromatic rings. The molecular formula is C28H54N4O6. The van der Waals surface area contributed by atoms with Gasteiger partial charge in [0.1, 0.15) is 12.5 Å². The highest BCUT2D eigenvalue weighted by Gasteiger charge is 2.44. The molecule has 222 valence electrons. The minimum absolute atomic E-state index is 0.0698. The molecule has 38 heavy (non-hydrogen) atoms. The average molecular weight is 543 g/mol. The third-order valence-corrected chi connectivity index (χ3v) is 7.12. The van der Waals surface area contributed by atoms with Crippen molar-refractivity contribution in [1.29, 1.82) is 0 Å². The molecule has 2 aliphatic heterocycles. The molecule has 0 aromatic carbocycles. The molecule has 2 aliphatic rings. The molecule has 2 rings (SSSR count). The lowest BCUT2D eigenvalue weighted by molar-refractivity contribution is -0.142. The molecular weight excluding hydrogens is 488 g/mol. The molecule has 2 heterocycles. The summed E-state index contributed by atoms with van der Waals surface area (Å²) >= 11 is 0. The zero-order chi connectivity index (χ0) is 28.7. The van der Waals surface area contributed by atoms with E-state index in [-0.39, 0.29) is 24.7 Å². The number of hydrogen-bond acceptors (Lipinski definition) is 8. The normalized spacial score (nSPS) is 25.3. The van der Waals surface area contributed by atoms with Gasteiger partial charge in [-0.25, -0.2) is 19.4 Å². The summed E-state index contributed by atoms with van der Waals surface area (Å²) in [6.07, 6.45) is 2.82. The fourth-order valence-electron chi connectivity index (χ4n) is 5.18. The van der Waals surface area contributed by atoms with Crippen LogP contribution in [0.15, 0.2) is 0 Å². The molecule has 2 N–H and O–H groups in total. The van der Waals surface area contributed by atoms with Crippen molar-refractivity contribution in [3.8, 4) is 0 Å². The monoisotopic (exact) mass is 542 g/mol. The van der Waals surface area contributed by atoms with Crippen LogP contribution < -0.4 is 10.6 Å². The Kier molecular flexibility index (Phi) is 12.1. The number of alkyl carbamates (subject to hydrolysis) is 2. The zero-order valence-corrected chi connectivity index (χ0v) is 25.5. The van der Waals surface area contributed by atoms with Crippen LogP contribution in [0.2, 0.25) is 0 Å². The summed E-state index contributed by atoms with van der Waals surface area (Å²) in [6.45, 7) is 22.7. The van der Waals surface area contributed by atoms with E-state index in [1.165, 1.54) is 0 Å². The van der Waals surface area contributed by atoms with Crippen LogP contribution in [0, 0.1) is 11.8 Å². The van der Waals surface area contributed by atoms with E-state index in [4.69, 9.17) is 18.9 Å². The molecule has 4 atom stereocenters. The van der Waals surface area contributed by atoms with Crippen molar-refractivity contribution in [2.24, 2.45) is 11.8 Å². The number of ether oxygens (including phenoxy) is 4. The summed E-state index contributed by atoms with van der Waals surface area (Å²) in [7, 11) is 0. The van der Waals surface area contributed by atoms with Gasteiger partial charge in [-0.1, -0.05) is 40.5 Å². The number of carbonyl (C=O) groups is 2. The molecule has 0 radical (unpaired) electrons. The third-order valence-electron chi connectivity index (χ3n) is 7.12. The highest BCUT2D eigenvalue weighted by Crippen LogP contribution is 2.31. The largest absolute Gasteiger partial charge is 0.428 e. The topological polar surface area (TPSA) is 102 Å². The number of amides is 2. The van der Waals surface area contributed by atoms with E-state index >= 15 is 0 Å². The van der Waals surface area contributed by atoms with Gasteiger partial charge < -0.3 is 29.6 Å². The highest BCUT2D eigenvalue weighted by atomic mass is 16.6. The van der Waals surface area contributed by atoms with Crippen molar-refractivity contribution < 1.29 is 28.5 Å². The van der Waals surface area contributed by atoms with Crippen molar-refractivity contribution in [3.05, 3.63) is 0 Å². The van der Waals surface area contributed by atoms with Gasteiger partial charge in [-0.05, 0) is 66.2 Å². The fourth-order valence-corrected chi connectivity index (χ4v) is 5.18. The molecule has 2 amide bonds. The predicted molar refractivity (Wildman–Crippen MR) is 147 cm³/mol. The van der Waals surface area contributed by atoms with Gasteiger partial charge in [-0.3, -0.25) is 0 Å². The van der Waals surface area contributed by atoms with Gasteiger partial charge in [0, 0.05) is 26.2 Å². The minimum atomic E-state index is -0.756. The van der Waals surface area contributed by atoms with Gasteiger partial charge in [0.25, 0.3) is 0 Å². The summed E-state index contributed by atoms with van der Waals surface area (Å²) < 4.78 is 23.5. The van der Waals surface area contributed by atoms with Gasteiger partial charge in [-0.15, -0.1) is 0 Å². The van der Waals surface area contributed by atoms with Crippen molar-refractivity contribution in [1.82, 2.24) is 20.4 Å². The second-order valence-electron chi connectivity index (χ2n) is 12.4. The van der Waals surface area contributed by atoms with Crippen LogP contribution in [0.3, 0.4) is 0 Å². The van der Waals surface area contributed by atoms with Crippen LogP contribution in [0.1, 0.15) is 94.9 Å². The highest BCUT2D eigenvalue weighted by molar-refractivity contribution is 5.68. The lowest BCUT2D eigenvalue weighted by Gasteiger charge is -2.38. The molecule has 4 unspecified atom stereocenters. The Labute approximate surface area is 230 Å². The molecule has 2 fully saturated rings. The summed E-state index contributed by atoms with van der Waals surface area (Å²) in [5.41, 5.74) is -1.51. The third kappa shape index (κ3) is 9.54. The van der Waals surface area contributed by atoms with Crippen LogP contribution in [0.25, 0.3) is 0 Å². The first-order chi connectivity index (χ1) is 17.6. The Hall–Kier alpha value is -1.62. The van der Waals surface area contributed by atoms with E-state index in [1.54, 1.807) is 0 Å². The summed E-state index contributed by atoms with van der Waals surface area (Å²) in [6, 6.07) is 0. The van der Waals surface area contributed by atoms with Crippen LogP contribution >= 0.6 is 0 Å². The predicted octanol–water partition coefficient (Wildman–Crippen LogP) is 4.88. The maximum atomic E-state index is 12.4. The van der Waals surface area contributed by atoms with E-state index in [0.717, 1.165) is 38.8 Å². The van der Waals surface area contributed by atoms with Crippen LogP contribution in [0.4, 0.5) is 9.59 Å². The maximum absolute atomic E-state index is 12.4. The fraction of sp³-hybridized carbons (Fsp3) is 0.929. The lowest BCUT2D eigenvalue weighted by Crippen LogP contribution is -2.53. The van der Waals surface area contributed by atoms with Gasteiger partial charge in [0.15, 0.2) is 11.4 Å². The number of unbranched alkanes of at least 4 members (excludes halogenated alkanes) is 3. The van der Waals surface area contributed by atoms with Crippen molar-refractivity contribution >= 4 is 12.2 Å². The molecule has 0 spiro atoms. The van der Waals surface area contributed by atoms with Crippen LogP contribution in [0.5, 0.6) is 0 Å². The molecule has 0 bridgehead atoms. The van der Waals surface area contributed by atoms with E-state index in [1.807, 2.05) is 41.5 Å². The Morgan fingerprint density at radius 3 is 1.39 bits per heavy atom. The van der Waals surface area contributed by atoms with Crippen molar-refractivity contribution in [2.75, 3.05) is 26.2 Å². The zero-order valence-electron chi connectivity index (χ0n) is 25.5. The number of rotatable bonds is 13. The molecule has 0 aliphatic carbocycles. The quantitative estimate of drug-likeness (QED) is 0.318. The van der Waals surface area contributed by atoms with Crippen molar-refractivity contribution in [3.63, 3.8) is 0 Å². The Bertz CT molecular complexity index is 698. The van der Waals surface area contributed by atoms with Crippen molar-refractivity contribution in [2.45, 2.75) is 131 Å². The number of nitrogens with zero attached hydrogens (tertiary/aromatic N) is 2. The average Bonchev–Trinajstić information content (AvgIpc) is 3.39. The first kappa shape index (κ1) is 32.6. The SMILES string of the molecule is CC1CN(C(C)(C)OC(=O)NCCCCCCNC(=O)OC(C)(C)N2CC(C)OC2C(C)C)C(C(C)C)O1. The Morgan fingerprint density at radius 2 is 1.08 bits per heavy atom. The van der Waals surface area contributed by atoms with E-state index in [9.17, 15) is 9.59 Å². The molecule has 2 saturated heterocycles. The summed E-state index contributed by atoms with van der Waals surface area (Å²) in [5, 5.41) is 5.72. The molecule has 10 heteroatoms. The van der Waals surface area contributed by atoms with E-state index in [2.05, 4.69) is 48.1 Å². The van der Waals surface area contributed by atoms with Gasteiger partial charge >= 0.3 is 12.2 Å². The van der Waals surface area contributed by atoms with Gasteiger partial charge in [0.05, 0.1) is 12.2 Å². The molecule has 0 saturated carbocycles. The summed E-state index contributed by atoms with van der Waals surface area (Å²) in [4.78, 5) is 29.0. The van der Waals surface area contributed by atoms with Crippen LogP contribution in [-0.4, -0.2) is 84.3 Å². The first-order valence-corrected chi connectivity index (χ1v) is 14.4.